The van der Waals surface area contributed by atoms with Gasteiger partial charge in [-0.15, -0.1) is 5.10 Å². The quantitative estimate of drug-likeness (QED) is 0.592. The number of nitrogens with zero attached hydrogens (tertiary/aromatic N) is 4. The van der Waals surface area contributed by atoms with Crippen LogP contribution in [0.3, 0.4) is 0 Å². The molecule has 0 spiro atoms. The van der Waals surface area contributed by atoms with Gasteiger partial charge >= 0.3 is 0 Å². The van der Waals surface area contributed by atoms with Crippen molar-refractivity contribution in [3.05, 3.63) is 53.9 Å². The molecule has 0 radical (unpaired) electrons. The van der Waals surface area contributed by atoms with E-state index in [-0.39, 0.29) is 12.5 Å². The smallest absolute Gasteiger partial charge is 0.251 e. The highest BCUT2D eigenvalue weighted by Gasteiger charge is 2.14. The summed E-state index contributed by atoms with van der Waals surface area (Å²) in [6, 6.07) is 12.4. The van der Waals surface area contributed by atoms with Gasteiger partial charge in [0.2, 0.25) is 0 Å². The van der Waals surface area contributed by atoms with Gasteiger partial charge in [-0.2, -0.15) is 4.68 Å². The average Bonchev–Trinajstić information content (AvgIpc) is 3.22. The summed E-state index contributed by atoms with van der Waals surface area (Å²) in [6.45, 7) is 4.92. The molecule has 9 nitrogen and oxygen atoms in total. The molecule has 2 aromatic carbocycles. The van der Waals surface area contributed by atoms with Crippen LogP contribution in [0.1, 0.15) is 30.0 Å². The number of tetrazole rings is 1. The molecule has 3 aromatic rings. The van der Waals surface area contributed by atoms with Gasteiger partial charge in [0.05, 0.1) is 32.6 Å². The van der Waals surface area contributed by atoms with Crippen molar-refractivity contribution in [2.75, 3.05) is 20.3 Å². The topological polar surface area (TPSA) is 100 Å². The number of hydrogen-bond donors (Lipinski definition) is 1. The van der Waals surface area contributed by atoms with E-state index in [2.05, 4.69) is 20.8 Å². The van der Waals surface area contributed by atoms with Gasteiger partial charge in [-0.3, -0.25) is 4.79 Å². The Morgan fingerprint density at radius 1 is 1.03 bits per heavy atom. The van der Waals surface area contributed by atoms with Gasteiger partial charge in [0.15, 0.2) is 17.3 Å². The molecule has 0 bridgehead atoms. The molecule has 1 amide bonds. The second kappa shape index (κ2) is 9.54. The molecule has 0 saturated carbocycles. The van der Waals surface area contributed by atoms with Crippen LogP contribution < -0.4 is 19.5 Å². The van der Waals surface area contributed by atoms with Gasteiger partial charge in [-0.25, -0.2) is 0 Å². The summed E-state index contributed by atoms with van der Waals surface area (Å²) in [4.78, 5) is 12.6. The van der Waals surface area contributed by atoms with Gasteiger partial charge in [-0.05, 0) is 66.7 Å². The Kier molecular flexibility index (Phi) is 6.62. The van der Waals surface area contributed by atoms with Crippen LogP contribution in [0, 0.1) is 0 Å². The van der Waals surface area contributed by atoms with Crippen LogP contribution in [-0.2, 0) is 6.54 Å². The molecule has 3 rings (SSSR count). The van der Waals surface area contributed by atoms with E-state index in [4.69, 9.17) is 14.2 Å². The SMILES string of the molecule is CCOc1ccc(C(=O)NCc2nnnn2-c2ccc(OC)cc2)cc1OCC. The second-order valence-corrected chi connectivity index (χ2v) is 5.92. The lowest BCUT2D eigenvalue weighted by Crippen LogP contribution is -2.24. The van der Waals surface area contributed by atoms with Crippen molar-refractivity contribution >= 4 is 5.91 Å². The molecule has 0 aliphatic rings. The first-order valence-electron chi connectivity index (χ1n) is 9.25. The van der Waals surface area contributed by atoms with E-state index in [1.54, 1.807) is 30.0 Å². The number of methoxy groups -OCH3 is 1. The number of ether oxygens (including phenoxy) is 3. The maximum atomic E-state index is 12.6. The standard InChI is InChI=1S/C20H23N5O4/c1-4-28-17-11-6-14(12-18(17)29-5-2)20(26)21-13-19-22-23-24-25(19)15-7-9-16(27-3)10-8-15/h6-12H,4-5,13H2,1-3H3,(H,21,26). The maximum absolute atomic E-state index is 12.6. The molecule has 0 saturated heterocycles. The van der Waals surface area contributed by atoms with Crippen molar-refractivity contribution in [3.63, 3.8) is 0 Å². The van der Waals surface area contributed by atoms with Gasteiger partial charge < -0.3 is 19.5 Å². The number of nitrogens with one attached hydrogen (secondary N) is 1. The van der Waals surface area contributed by atoms with E-state index in [1.165, 1.54) is 0 Å². The number of hydrogen-bond acceptors (Lipinski definition) is 7. The molecule has 0 aliphatic heterocycles. The highest BCUT2D eigenvalue weighted by Crippen LogP contribution is 2.28. The van der Waals surface area contributed by atoms with Gasteiger partial charge in [0.25, 0.3) is 5.91 Å². The summed E-state index contributed by atoms with van der Waals surface area (Å²) in [5.41, 5.74) is 1.22. The molecule has 0 aliphatic carbocycles. The molecular weight excluding hydrogens is 374 g/mol. The lowest BCUT2D eigenvalue weighted by atomic mass is 10.2. The van der Waals surface area contributed by atoms with Crippen molar-refractivity contribution < 1.29 is 19.0 Å². The summed E-state index contributed by atoms with van der Waals surface area (Å²) in [5, 5.41) is 14.5. The minimum atomic E-state index is -0.265. The molecule has 0 unspecified atom stereocenters. The number of aromatic nitrogens is 4. The zero-order valence-corrected chi connectivity index (χ0v) is 16.6. The third kappa shape index (κ3) is 4.81. The van der Waals surface area contributed by atoms with Crippen LogP contribution in [0.15, 0.2) is 42.5 Å². The molecule has 1 aromatic heterocycles. The molecule has 0 fully saturated rings. The van der Waals surface area contributed by atoms with E-state index in [0.717, 1.165) is 11.4 Å². The number of carbonyl (C=O) groups excluding carboxylic acids is 1. The van der Waals surface area contributed by atoms with Crippen molar-refractivity contribution in [1.29, 1.82) is 0 Å². The van der Waals surface area contributed by atoms with Crippen LogP contribution in [0.4, 0.5) is 0 Å². The Morgan fingerprint density at radius 3 is 2.45 bits per heavy atom. The summed E-state index contributed by atoms with van der Waals surface area (Å²) >= 11 is 0. The number of amides is 1. The minimum absolute atomic E-state index is 0.162. The largest absolute Gasteiger partial charge is 0.497 e. The summed E-state index contributed by atoms with van der Waals surface area (Å²) in [6.07, 6.45) is 0. The van der Waals surface area contributed by atoms with Crippen LogP contribution in [0.5, 0.6) is 17.2 Å². The molecule has 1 N–H and O–H groups in total. The van der Waals surface area contributed by atoms with Crippen molar-refractivity contribution in [2.45, 2.75) is 20.4 Å². The summed E-state index contributed by atoms with van der Waals surface area (Å²) < 4.78 is 17.8. The van der Waals surface area contributed by atoms with E-state index in [1.807, 2.05) is 38.1 Å². The molecule has 0 atom stereocenters. The Bertz CT molecular complexity index is 956. The van der Waals surface area contributed by atoms with E-state index in [9.17, 15) is 4.79 Å². The molecule has 9 heteroatoms. The van der Waals surface area contributed by atoms with Crippen LogP contribution in [0.25, 0.3) is 5.69 Å². The highest BCUT2D eigenvalue weighted by molar-refractivity contribution is 5.94. The first-order chi connectivity index (χ1) is 14.2. The Labute approximate surface area is 168 Å². The third-order valence-corrected chi connectivity index (χ3v) is 4.06. The average molecular weight is 397 g/mol. The fourth-order valence-electron chi connectivity index (χ4n) is 2.69. The van der Waals surface area contributed by atoms with E-state index in [0.29, 0.717) is 36.1 Å². The van der Waals surface area contributed by atoms with Gasteiger partial charge in [0.1, 0.15) is 5.75 Å². The first kappa shape index (κ1) is 20.1. The Balaban J connectivity index is 1.71. The van der Waals surface area contributed by atoms with Crippen molar-refractivity contribution in [2.24, 2.45) is 0 Å². The number of rotatable bonds is 9. The van der Waals surface area contributed by atoms with E-state index >= 15 is 0 Å². The fourth-order valence-corrected chi connectivity index (χ4v) is 2.69. The minimum Gasteiger partial charge on any atom is -0.497 e. The molecule has 29 heavy (non-hydrogen) atoms. The summed E-state index contributed by atoms with van der Waals surface area (Å²) in [5.74, 6) is 2.11. The lowest BCUT2D eigenvalue weighted by molar-refractivity contribution is 0.0949. The first-order valence-corrected chi connectivity index (χ1v) is 9.25. The maximum Gasteiger partial charge on any atom is 0.251 e. The molecule has 1 heterocycles. The second-order valence-electron chi connectivity index (χ2n) is 5.92. The zero-order chi connectivity index (χ0) is 20.6. The Hall–Kier alpha value is -3.62. The highest BCUT2D eigenvalue weighted by atomic mass is 16.5. The van der Waals surface area contributed by atoms with Gasteiger partial charge in [0, 0.05) is 5.56 Å². The zero-order valence-electron chi connectivity index (χ0n) is 16.6. The fraction of sp³-hybridized carbons (Fsp3) is 0.300. The van der Waals surface area contributed by atoms with Crippen molar-refractivity contribution in [3.8, 4) is 22.9 Å². The lowest BCUT2D eigenvalue weighted by Gasteiger charge is -2.12. The van der Waals surface area contributed by atoms with Crippen LogP contribution in [0.2, 0.25) is 0 Å². The predicted molar refractivity (Wildman–Crippen MR) is 106 cm³/mol. The van der Waals surface area contributed by atoms with Gasteiger partial charge in [-0.1, -0.05) is 0 Å². The Morgan fingerprint density at radius 2 is 1.76 bits per heavy atom. The van der Waals surface area contributed by atoms with Crippen molar-refractivity contribution in [1.82, 2.24) is 25.5 Å². The number of benzene rings is 2. The normalized spacial score (nSPS) is 10.4. The number of carbonyl (C=O) groups is 1. The molecule has 152 valence electrons. The predicted octanol–water partition coefficient (Wildman–Crippen LogP) is 2.40. The van der Waals surface area contributed by atoms with Crippen LogP contribution in [-0.4, -0.2) is 46.4 Å². The third-order valence-electron chi connectivity index (χ3n) is 4.06. The van der Waals surface area contributed by atoms with E-state index < -0.39 is 0 Å². The summed E-state index contributed by atoms with van der Waals surface area (Å²) in [7, 11) is 1.60. The monoisotopic (exact) mass is 397 g/mol. The van der Waals surface area contributed by atoms with Crippen LogP contribution >= 0.6 is 0 Å². The molecular formula is C20H23N5O4.